The summed E-state index contributed by atoms with van der Waals surface area (Å²) in [6, 6.07) is 49.7. The zero-order chi connectivity index (χ0) is 25.0. The van der Waals surface area contributed by atoms with E-state index < -0.39 is 0 Å². The van der Waals surface area contributed by atoms with E-state index in [1.54, 1.807) is 0 Å². The van der Waals surface area contributed by atoms with Crippen molar-refractivity contribution in [1.29, 1.82) is 0 Å². The van der Waals surface area contributed by atoms with Crippen LogP contribution in [0.1, 0.15) is 5.56 Å². The first kappa shape index (κ1) is 22.7. The van der Waals surface area contributed by atoms with Gasteiger partial charge >= 0.3 is 0 Å². The number of benzene rings is 5. The van der Waals surface area contributed by atoms with Gasteiger partial charge in [0.25, 0.3) is 0 Å². The number of pyridine rings is 1. The van der Waals surface area contributed by atoms with Gasteiger partial charge in [0, 0.05) is 11.8 Å². The molecule has 176 valence electrons. The number of aromatic nitrogens is 1. The topological polar surface area (TPSA) is 12.9 Å². The van der Waals surface area contributed by atoms with Crippen molar-refractivity contribution in [2.75, 3.05) is 0 Å². The van der Waals surface area contributed by atoms with Crippen molar-refractivity contribution < 1.29 is 0 Å². The van der Waals surface area contributed by atoms with Crippen LogP contribution in [-0.2, 0) is 0 Å². The highest BCUT2D eigenvalue weighted by Gasteiger charge is 2.10. The lowest BCUT2D eigenvalue weighted by Gasteiger charge is -2.13. The second-order valence-corrected chi connectivity index (χ2v) is 9.36. The maximum Gasteiger partial charge on any atom is 0.0731 e. The molecular weight excluding hydrogens is 446 g/mol. The fourth-order valence-corrected chi connectivity index (χ4v) is 4.90. The van der Waals surface area contributed by atoms with Crippen LogP contribution in [0.3, 0.4) is 0 Å². The monoisotopic (exact) mass is 473 g/mol. The summed E-state index contributed by atoms with van der Waals surface area (Å²) in [5.41, 5.74) is 13.0. The number of aryl methyl sites for hydroxylation is 1. The Morgan fingerprint density at radius 2 is 0.757 bits per heavy atom. The van der Waals surface area contributed by atoms with Crippen LogP contribution in [0.5, 0.6) is 0 Å². The zero-order valence-corrected chi connectivity index (χ0v) is 20.8. The van der Waals surface area contributed by atoms with E-state index in [1.807, 2.05) is 12.3 Å². The number of rotatable bonds is 5. The Morgan fingerprint density at radius 3 is 1.30 bits per heavy atom. The molecule has 0 aliphatic heterocycles. The molecule has 37 heavy (non-hydrogen) atoms. The van der Waals surface area contributed by atoms with Crippen molar-refractivity contribution in [3.05, 3.63) is 151 Å². The van der Waals surface area contributed by atoms with E-state index in [0.29, 0.717) is 0 Å². The first-order chi connectivity index (χ1) is 18.2. The molecule has 1 heteroatoms. The average Bonchev–Trinajstić information content (AvgIpc) is 2.98. The number of hydrogen-bond donors (Lipinski definition) is 0. The van der Waals surface area contributed by atoms with Crippen molar-refractivity contribution in [1.82, 2.24) is 4.98 Å². The minimum Gasteiger partial charge on any atom is -0.256 e. The molecule has 1 nitrogen and oxygen atoms in total. The van der Waals surface area contributed by atoms with Crippen LogP contribution >= 0.6 is 0 Å². The van der Waals surface area contributed by atoms with Crippen LogP contribution in [0.15, 0.2) is 146 Å². The average molecular weight is 474 g/mol. The fourth-order valence-electron chi connectivity index (χ4n) is 4.90. The maximum atomic E-state index is 4.63. The molecule has 1 aromatic heterocycles. The highest BCUT2D eigenvalue weighted by atomic mass is 14.7. The van der Waals surface area contributed by atoms with E-state index >= 15 is 0 Å². The van der Waals surface area contributed by atoms with Gasteiger partial charge < -0.3 is 0 Å². The molecule has 0 amide bonds. The molecule has 0 spiro atoms. The van der Waals surface area contributed by atoms with Gasteiger partial charge in [-0.3, -0.25) is 4.98 Å². The van der Waals surface area contributed by atoms with Crippen LogP contribution in [0.2, 0.25) is 0 Å². The van der Waals surface area contributed by atoms with Gasteiger partial charge in [0.05, 0.1) is 5.69 Å². The minimum absolute atomic E-state index is 1.03. The Hall–Kier alpha value is -4.75. The van der Waals surface area contributed by atoms with Gasteiger partial charge in [-0.05, 0) is 93.4 Å². The molecule has 0 radical (unpaired) electrons. The third-order valence-electron chi connectivity index (χ3n) is 6.82. The van der Waals surface area contributed by atoms with Crippen LogP contribution < -0.4 is 0 Å². The van der Waals surface area contributed by atoms with Crippen LogP contribution in [-0.4, -0.2) is 4.98 Å². The van der Waals surface area contributed by atoms with Gasteiger partial charge in [0.2, 0.25) is 0 Å². The molecule has 0 unspecified atom stereocenters. The van der Waals surface area contributed by atoms with Gasteiger partial charge in [-0.1, -0.05) is 103 Å². The van der Waals surface area contributed by atoms with Crippen molar-refractivity contribution in [3.63, 3.8) is 0 Å². The van der Waals surface area contributed by atoms with Gasteiger partial charge in [0.15, 0.2) is 0 Å². The summed E-state index contributed by atoms with van der Waals surface area (Å²) in [7, 11) is 0. The van der Waals surface area contributed by atoms with Gasteiger partial charge in [-0.15, -0.1) is 0 Å². The SMILES string of the molecule is Cc1cccnc1-c1cccc(-c2cccc(-c3cc(-c4ccccc4)cc(-c4ccccc4)c3)c2)c1. The predicted octanol–water partition coefficient (Wildman–Crippen LogP) is 9.73. The highest BCUT2D eigenvalue weighted by molar-refractivity contribution is 5.83. The summed E-state index contributed by atoms with van der Waals surface area (Å²) in [5.74, 6) is 0. The largest absolute Gasteiger partial charge is 0.256 e. The lowest BCUT2D eigenvalue weighted by Crippen LogP contribution is -1.89. The standard InChI is InChI=1S/C36H27N/c1-26-11-10-20-37-36(26)32-19-9-17-30(22-32)29-16-8-18-31(21-29)35-24-33(27-12-4-2-5-13-27)23-34(25-35)28-14-6-3-7-15-28/h2-25H,1H3. The quantitative estimate of drug-likeness (QED) is 0.243. The highest BCUT2D eigenvalue weighted by Crippen LogP contribution is 2.35. The maximum absolute atomic E-state index is 4.63. The van der Waals surface area contributed by atoms with Crippen LogP contribution in [0.4, 0.5) is 0 Å². The van der Waals surface area contributed by atoms with Gasteiger partial charge in [0.1, 0.15) is 0 Å². The Balaban J connectivity index is 1.45. The number of nitrogens with zero attached hydrogens (tertiary/aromatic N) is 1. The lowest BCUT2D eigenvalue weighted by atomic mass is 9.92. The second-order valence-electron chi connectivity index (χ2n) is 9.36. The molecule has 0 fully saturated rings. The molecule has 0 saturated heterocycles. The van der Waals surface area contributed by atoms with Crippen molar-refractivity contribution in [2.24, 2.45) is 0 Å². The lowest BCUT2D eigenvalue weighted by molar-refractivity contribution is 1.27. The molecule has 0 aliphatic carbocycles. The summed E-state index contributed by atoms with van der Waals surface area (Å²) in [4.78, 5) is 4.63. The summed E-state index contributed by atoms with van der Waals surface area (Å²) in [6.45, 7) is 2.11. The van der Waals surface area contributed by atoms with E-state index in [9.17, 15) is 0 Å². The molecule has 0 saturated carbocycles. The summed E-state index contributed by atoms with van der Waals surface area (Å²) >= 11 is 0. The normalized spacial score (nSPS) is 10.8. The smallest absolute Gasteiger partial charge is 0.0731 e. The third-order valence-corrected chi connectivity index (χ3v) is 6.82. The first-order valence-corrected chi connectivity index (χ1v) is 12.6. The Labute approximate surface area is 218 Å². The van der Waals surface area contributed by atoms with E-state index in [1.165, 1.54) is 50.1 Å². The van der Waals surface area contributed by atoms with Crippen molar-refractivity contribution >= 4 is 0 Å². The van der Waals surface area contributed by atoms with Crippen molar-refractivity contribution in [2.45, 2.75) is 6.92 Å². The van der Waals surface area contributed by atoms with Crippen LogP contribution in [0, 0.1) is 6.92 Å². The Bertz CT molecular complexity index is 1610. The fraction of sp³-hybridized carbons (Fsp3) is 0.0278. The van der Waals surface area contributed by atoms with Crippen LogP contribution in [0.25, 0.3) is 55.8 Å². The third kappa shape index (κ3) is 4.85. The molecular formula is C36H27N. The Kier molecular flexibility index (Phi) is 6.19. The summed E-state index contributed by atoms with van der Waals surface area (Å²) < 4.78 is 0. The van der Waals surface area contributed by atoms with Crippen molar-refractivity contribution in [3.8, 4) is 55.8 Å². The Morgan fingerprint density at radius 1 is 0.351 bits per heavy atom. The van der Waals surface area contributed by atoms with E-state index in [2.05, 4.69) is 145 Å². The van der Waals surface area contributed by atoms with Gasteiger partial charge in [-0.2, -0.15) is 0 Å². The summed E-state index contributed by atoms with van der Waals surface area (Å²) in [5, 5.41) is 0. The zero-order valence-electron chi connectivity index (χ0n) is 20.8. The first-order valence-electron chi connectivity index (χ1n) is 12.6. The van der Waals surface area contributed by atoms with E-state index in [0.717, 1.165) is 11.3 Å². The van der Waals surface area contributed by atoms with E-state index in [4.69, 9.17) is 0 Å². The van der Waals surface area contributed by atoms with Gasteiger partial charge in [-0.25, -0.2) is 0 Å². The molecule has 1 heterocycles. The van der Waals surface area contributed by atoms with E-state index in [-0.39, 0.29) is 0 Å². The molecule has 5 aromatic carbocycles. The molecule has 0 aliphatic rings. The molecule has 0 atom stereocenters. The predicted molar refractivity (Wildman–Crippen MR) is 156 cm³/mol. The molecule has 6 aromatic rings. The minimum atomic E-state index is 1.03. The molecule has 6 rings (SSSR count). The number of hydrogen-bond acceptors (Lipinski definition) is 1. The second kappa shape index (κ2) is 10.1. The summed E-state index contributed by atoms with van der Waals surface area (Å²) in [6.07, 6.45) is 1.86. The molecule has 0 N–H and O–H groups in total. The molecule has 0 bridgehead atoms.